The van der Waals surface area contributed by atoms with Gasteiger partial charge in [0.25, 0.3) is 0 Å². The molecule has 33 heavy (non-hydrogen) atoms. The molecule has 1 aliphatic heterocycles. The normalized spacial score (nSPS) is 16.4. The van der Waals surface area contributed by atoms with Gasteiger partial charge in [-0.2, -0.15) is 0 Å². The smallest absolute Gasteiger partial charge is 0.322 e. The van der Waals surface area contributed by atoms with Crippen LogP contribution in [-0.4, -0.2) is 42.2 Å². The first kappa shape index (κ1) is 22.7. The average molecular weight is 469 g/mol. The van der Waals surface area contributed by atoms with E-state index in [2.05, 4.69) is 15.5 Å². The van der Waals surface area contributed by atoms with E-state index in [1.165, 1.54) is 12.1 Å². The molecule has 9 nitrogen and oxygen atoms in total. The third kappa shape index (κ3) is 4.95. The number of hydrogen-bond donors (Lipinski definition) is 1. The van der Waals surface area contributed by atoms with Crippen molar-refractivity contribution in [3.8, 4) is 0 Å². The zero-order valence-electron chi connectivity index (χ0n) is 18.3. The van der Waals surface area contributed by atoms with E-state index in [9.17, 15) is 18.0 Å². The van der Waals surface area contributed by atoms with Crippen LogP contribution in [0.2, 0.25) is 0 Å². The molecule has 2 amide bonds. The van der Waals surface area contributed by atoms with E-state index in [1.54, 1.807) is 30.9 Å². The molecule has 1 N–H and O–H groups in total. The number of sulfone groups is 1. The van der Waals surface area contributed by atoms with Crippen LogP contribution in [-0.2, 0) is 25.8 Å². The fraction of sp³-hybridized carbons (Fsp3) is 0.304. The van der Waals surface area contributed by atoms with Gasteiger partial charge in [-0.05, 0) is 43.7 Å². The van der Waals surface area contributed by atoms with Crippen LogP contribution in [0.1, 0.15) is 37.6 Å². The summed E-state index contributed by atoms with van der Waals surface area (Å²) in [5.74, 6) is -0.373. The summed E-state index contributed by atoms with van der Waals surface area (Å²) < 4.78 is 30.0. The molecule has 4 rings (SSSR count). The van der Waals surface area contributed by atoms with E-state index in [0.717, 1.165) is 5.69 Å². The second-order valence-electron chi connectivity index (χ2n) is 8.15. The van der Waals surface area contributed by atoms with Gasteiger partial charge in [0.1, 0.15) is 0 Å². The molecule has 2 heterocycles. The summed E-state index contributed by atoms with van der Waals surface area (Å²) in [7, 11) is -3.36. The number of amides is 2. The molecule has 1 fully saturated rings. The van der Waals surface area contributed by atoms with E-state index in [4.69, 9.17) is 4.42 Å². The molecule has 0 bridgehead atoms. The van der Waals surface area contributed by atoms with Crippen LogP contribution >= 0.6 is 0 Å². The van der Waals surface area contributed by atoms with Crippen molar-refractivity contribution < 1.29 is 22.4 Å². The summed E-state index contributed by atoms with van der Waals surface area (Å²) in [4.78, 5) is 26.7. The molecule has 0 radical (unpaired) electrons. The minimum atomic E-state index is -3.36. The zero-order valence-corrected chi connectivity index (χ0v) is 19.1. The molecular weight excluding hydrogens is 444 g/mol. The molecule has 1 unspecified atom stereocenters. The van der Waals surface area contributed by atoms with Crippen LogP contribution in [0, 0.1) is 0 Å². The Morgan fingerprint density at radius 1 is 1.12 bits per heavy atom. The molecule has 0 saturated carbocycles. The van der Waals surface area contributed by atoms with Crippen molar-refractivity contribution in [2.75, 3.05) is 16.8 Å². The Morgan fingerprint density at radius 3 is 2.48 bits per heavy atom. The zero-order chi connectivity index (χ0) is 23.6. The fourth-order valence-electron chi connectivity index (χ4n) is 3.60. The molecule has 0 aliphatic carbocycles. The SMILES string of the molecule is CC(C)S(=O)(=O)c1ccc(CC(=O)Nc2nnc(C3CC(=O)N(c4ccccc4)C3)o2)cc1. The largest absolute Gasteiger partial charge is 0.407 e. The summed E-state index contributed by atoms with van der Waals surface area (Å²) in [5.41, 5.74) is 1.46. The maximum absolute atomic E-state index is 12.4. The Labute approximate surface area is 191 Å². The summed E-state index contributed by atoms with van der Waals surface area (Å²) in [6.45, 7) is 3.66. The maximum Gasteiger partial charge on any atom is 0.322 e. The quantitative estimate of drug-likeness (QED) is 0.565. The van der Waals surface area contributed by atoms with Crippen molar-refractivity contribution in [1.29, 1.82) is 0 Å². The average Bonchev–Trinajstić information content (AvgIpc) is 3.41. The molecule has 10 heteroatoms. The van der Waals surface area contributed by atoms with E-state index in [-0.39, 0.29) is 41.5 Å². The highest BCUT2D eigenvalue weighted by atomic mass is 32.2. The van der Waals surface area contributed by atoms with Crippen LogP contribution in [0.3, 0.4) is 0 Å². The minimum absolute atomic E-state index is 0.0173. The molecule has 1 aliphatic rings. The van der Waals surface area contributed by atoms with Crippen LogP contribution in [0.15, 0.2) is 63.9 Å². The van der Waals surface area contributed by atoms with E-state index < -0.39 is 15.1 Å². The Bertz CT molecular complexity index is 1250. The van der Waals surface area contributed by atoms with Gasteiger partial charge in [-0.1, -0.05) is 35.4 Å². The van der Waals surface area contributed by atoms with E-state index in [0.29, 0.717) is 18.0 Å². The highest BCUT2D eigenvalue weighted by molar-refractivity contribution is 7.92. The summed E-state index contributed by atoms with van der Waals surface area (Å²) in [5, 5.41) is 9.91. The first-order valence-electron chi connectivity index (χ1n) is 10.6. The van der Waals surface area contributed by atoms with Crippen LogP contribution in [0.5, 0.6) is 0 Å². The lowest BCUT2D eigenvalue weighted by Crippen LogP contribution is -2.24. The van der Waals surface area contributed by atoms with Gasteiger partial charge in [0, 0.05) is 18.7 Å². The van der Waals surface area contributed by atoms with E-state index in [1.807, 2.05) is 30.3 Å². The maximum atomic E-state index is 12.4. The van der Waals surface area contributed by atoms with Gasteiger partial charge < -0.3 is 9.32 Å². The van der Waals surface area contributed by atoms with Gasteiger partial charge in [-0.3, -0.25) is 14.9 Å². The Kier molecular flexibility index (Phi) is 6.28. The summed E-state index contributed by atoms with van der Waals surface area (Å²) >= 11 is 0. The third-order valence-electron chi connectivity index (χ3n) is 5.47. The lowest BCUT2D eigenvalue weighted by Gasteiger charge is -2.15. The van der Waals surface area contributed by atoms with Crippen molar-refractivity contribution in [3.05, 3.63) is 66.1 Å². The lowest BCUT2D eigenvalue weighted by atomic mass is 10.1. The highest BCUT2D eigenvalue weighted by Gasteiger charge is 2.35. The molecule has 1 aromatic heterocycles. The van der Waals surface area contributed by atoms with E-state index >= 15 is 0 Å². The first-order chi connectivity index (χ1) is 15.7. The molecule has 172 valence electrons. The standard InChI is InChI=1S/C23H24N4O5S/c1-15(2)33(30,31)19-10-8-16(9-11-19)12-20(28)24-23-26-25-22(32-23)17-13-21(29)27(14-17)18-6-4-3-5-7-18/h3-11,15,17H,12-14H2,1-2H3,(H,24,26,28). The monoisotopic (exact) mass is 468 g/mol. The Hall–Kier alpha value is -3.53. The van der Waals surface area contributed by atoms with Crippen molar-refractivity contribution in [3.63, 3.8) is 0 Å². The number of nitrogens with zero attached hydrogens (tertiary/aromatic N) is 3. The van der Waals surface area contributed by atoms with Gasteiger partial charge >= 0.3 is 6.01 Å². The minimum Gasteiger partial charge on any atom is -0.407 e. The van der Waals surface area contributed by atoms with Crippen molar-refractivity contribution >= 4 is 33.4 Å². The number of carbonyl (C=O) groups excluding carboxylic acids is 2. The number of nitrogens with one attached hydrogen (secondary N) is 1. The number of carbonyl (C=O) groups is 2. The number of aromatic nitrogens is 2. The third-order valence-corrected chi connectivity index (χ3v) is 7.64. The van der Waals surface area contributed by atoms with Gasteiger partial charge in [-0.25, -0.2) is 8.42 Å². The Balaban J connectivity index is 1.36. The lowest BCUT2D eigenvalue weighted by molar-refractivity contribution is -0.117. The molecular formula is C23H24N4O5S. The topological polar surface area (TPSA) is 122 Å². The second-order valence-corrected chi connectivity index (χ2v) is 10.7. The van der Waals surface area contributed by atoms with Crippen molar-refractivity contribution in [2.45, 2.75) is 42.8 Å². The fourth-order valence-corrected chi connectivity index (χ4v) is 4.66. The number of rotatable bonds is 7. The molecule has 1 atom stereocenters. The number of para-hydroxylation sites is 1. The predicted molar refractivity (Wildman–Crippen MR) is 122 cm³/mol. The van der Waals surface area contributed by atoms with Gasteiger partial charge in [-0.15, -0.1) is 5.10 Å². The number of anilines is 2. The molecule has 1 saturated heterocycles. The summed E-state index contributed by atoms with van der Waals surface area (Å²) in [6, 6.07) is 15.5. The van der Waals surface area contributed by atoms with Gasteiger partial charge in [0.2, 0.25) is 17.7 Å². The van der Waals surface area contributed by atoms with Crippen LogP contribution < -0.4 is 10.2 Å². The Morgan fingerprint density at radius 2 is 1.82 bits per heavy atom. The summed E-state index contributed by atoms with van der Waals surface area (Å²) in [6.07, 6.45) is 0.263. The van der Waals surface area contributed by atoms with Gasteiger partial charge in [0.15, 0.2) is 9.84 Å². The first-order valence-corrected chi connectivity index (χ1v) is 12.1. The van der Waals surface area contributed by atoms with Gasteiger partial charge in [0.05, 0.1) is 22.5 Å². The second kappa shape index (κ2) is 9.14. The molecule has 2 aromatic carbocycles. The van der Waals surface area contributed by atoms with Crippen LogP contribution in [0.25, 0.3) is 0 Å². The number of hydrogen-bond acceptors (Lipinski definition) is 7. The molecule has 3 aromatic rings. The number of benzene rings is 2. The van der Waals surface area contributed by atoms with Crippen molar-refractivity contribution in [2.24, 2.45) is 0 Å². The highest BCUT2D eigenvalue weighted by Crippen LogP contribution is 2.31. The van der Waals surface area contributed by atoms with Crippen LogP contribution in [0.4, 0.5) is 11.7 Å². The van der Waals surface area contributed by atoms with Crippen molar-refractivity contribution in [1.82, 2.24) is 10.2 Å². The predicted octanol–water partition coefficient (Wildman–Crippen LogP) is 2.95. The molecule has 0 spiro atoms.